The Bertz CT molecular complexity index is 604. The van der Waals surface area contributed by atoms with Crippen LogP contribution in [0.3, 0.4) is 0 Å². The Hall–Kier alpha value is -0.950. The lowest BCUT2D eigenvalue weighted by molar-refractivity contribution is -0.143. The van der Waals surface area contributed by atoms with E-state index in [0.29, 0.717) is 32.3 Å². The number of unbranched alkanes of at least 4 members (excludes halogenated alkanes) is 3. The number of allylic oxidation sites excluding steroid dienone is 6. The van der Waals surface area contributed by atoms with Crippen molar-refractivity contribution in [2.75, 3.05) is 11.9 Å². The lowest BCUT2D eigenvalue weighted by Crippen LogP contribution is -2.23. The second kappa shape index (κ2) is 20.3. The number of alkyl halides is 1. The minimum absolute atomic E-state index is 0.0166. The van der Waals surface area contributed by atoms with Gasteiger partial charge in [-0.25, -0.2) is 0 Å². The minimum atomic E-state index is -0.506. The number of rotatable bonds is 19. The fourth-order valence-electron chi connectivity index (χ4n) is 4.49. The van der Waals surface area contributed by atoms with E-state index in [9.17, 15) is 20.1 Å². The summed E-state index contributed by atoms with van der Waals surface area (Å²) < 4.78 is 5.20. The van der Waals surface area contributed by atoms with Crippen molar-refractivity contribution in [3.05, 3.63) is 36.5 Å². The van der Waals surface area contributed by atoms with E-state index in [1.54, 1.807) is 0 Å². The van der Waals surface area contributed by atoms with E-state index in [-0.39, 0.29) is 23.9 Å². The summed E-state index contributed by atoms with van der Waals surface area (Å²) in [7, 11) is 0. The van der Waals surface area contributed by atoms with Crippen LogP contribution in [0, 0.1) is 11.8 Å². The number of aliphatic hydroxyl groups is 3. The van der Waals surface area contributed by atoms with Gasteiger partial charge in [0, 0.05) is 11.8 Å². The third-order valence-electron chi connectivity index (χ3n) is 6.50. The van der Waals surface area contributed by atoms with Crippen molar-refractivity contribution in [1.29, 1.82) is 0 Å². The first-order valence-electron chi connectivity index (χ1n) is 13.2. The number of ether oxygens (including phenoxy) is 1. The van der Waals surface area contributed by atoms with E-state index in [0.717, 1.165) is 63.1 Å². The van der Waals surface area contributed by atoms with Gasteiger partial charge in [0.05, 0.1) is 24.9 Å². The Morgan fingerprint density at radius 1 is 0.971 bits per heavy atom. The minimum Gasteiger partial charge on any atom is -0.466 e. The van der Waals surface area contributed by atoms with Gasteiger partial charge in [-0.05, 0) is 88.9 Å². The molecule has 0 heterocycles. The van der Waals surface area contributed by atoms with Gasteiger partial charge >= 0.3 is 5.97 Å². The third-order valence-corrected chi connectivity index (χ3v) is 7.06. The van der Waals surface area contributed by atoms with Crippen LogP contribution < -0.4 is 0 Å². The molecule has 6 heteroatoms. The average Bonchev–Trinajstić information content (AvgIpc) is 3.08. The van der Waals surface area contributed by atoms with Crippen molar-refractivity contribution in [3.8, 4) is 0 Å². The van der Waals surface area contributed by atoms with Gasteiger partial charge in [0.25, 0.3) is 0 Å². The second-order valence-corrected chi connectivity index (χ2v) is 10.1. The molecule has 0 aromatic heterocycles. The highest BCUT2D eigenvalue weighted by Crippen LogP contribution is 2.38. The molecule has 1 saturated carbocycles. The molecule has 1 aliphatic carbocycles. The second-order valence-electron chi connectivity index (χ2n) is 9.34. The molecule has 1 fully saturated rings. The Morgan fingerprint density at radius 3 is 2.47 bits per heavy atom. The van der Waals surface area contributed by atoms with Gasteiger partial charge in [-0.2, -0.15) is 0 Å². The smallest absolute Gasteiger partial charge is 0.305 e. The lowest BCUT2D eigenvalue weighted by Gasteiger charge is -2.23. The fraction of sp³-hybridized carbons (Fsp3) is 0.750. The average molecular weight is 544 g/mol. The molecule has 0 unspecified atom stereocenters. The number of aliphatic hydroxyl groups excluding tert-OH is 3. The van der Waals surface area contributed by atoms with Crippen molar-refractivity contribution in [2.45, 2.75) is 109 Å². The molecule has 5 nitrogen and oxygen atoms in total. The number of carbonyl (C=O) groups is 1. The standard InChI is InChI=1S/C28H47BrO5/c1-2-3-4-5-6-7-10-15-23(30)18-19-25-24(26(31)22-27(25)32)16-11-8-9-12-17-28(33)34-21-14-13-20-29/h3-6,8,11,23-27,30-32H,2,7,9-10,12-22H2,1H3/b4-3-,6-5-,11-8-/t23-,24+,25+,26-,27+/m0/s1. The molecule has 0 radical (unpaired) electrons. The molecular formula is C28H47BrO5. The normalized spacial score (nSPS) is 24.0. The molecule has 1 rings (SSSR count). The van der Waals surface area contributed by atoms with E-state index in [1.807, 2.05) is 0 Å². The van der Waals surface area contributed by atoms with Crippen LogP contribution >= 0.6 is 15.9 Å². The summed E-state index contributed by atoms with van der Waals surface area (Å²) in [5.41, 5.74) is 0. The SMILES string of the molecule is CC/C=C\C=C/CCC[C@H](O)CC[C@@H]1[C@@H](C/C=C\CCCC(=O)OCCCCBr)[C@@H](O)C[C@H]1O. The largest absolute Gasteiger partial charge is 0.466 e. The number of halogens is 1. The monoisotopic (exact) mass is 542 g/mol. The fourth-order valence-corrected chi connectivity index (χ4v) is 4.88. The van der Waals surface area contributed by atoms with E-state index in [2.05, 4.69) is 59.3 Å². The summed E-state index contributed by atoms with van der Waals surface area (Å²) in [5, 5.41) is 32.1. The van der Waals surface area contributed by atoms with Gasteiger partial charge in [0.15, 0.2) is 0 Å². The van der Waals surface area contributed by atoms with Gasteiger partial charge in [-0.3, -0.25) is 4.79 Å². The summed E-state index contributed by atoms with van der Waals surface area (Å²) in [6.07, 6.45) is 21.2. The van der Waals surface area contributed by atoms with Crippen LogP contribution in [0.1, 0.15) is 90.4 Å². The first-order valence-corrected chi connectivity index (χ1v) is 14.3. The highest BCUT2D eigenvalue weighted by Gasteiger charge is 2.40. The summed E-state index contributed by atoms with van der Waals surface area (Å²) in [4.78, 5) is 11.7. The van der Waals surface area contributed by atoms with Crippen molar-refractivity contribution in [3.63, 3.8) is 0 Å². The molecule has 0 aromatic carbocycles. The Balaban J connectivity index is 2.26. The van der Waals surface area contributed by atoms with E-state index >= 15 is 0 Å². The molecule has 3 N–H and O–H groups in total. The van der Waals surface area contributed by atoms with Crippen LogP contribution in [0.15, 0.2) is 36.5 Å². The van der Waals surface area contributed by atoms with Gasteiger partial charge in [-0.1, -0.05) is 59.3 Å². The van der Waals surface area contributed by atoms with Crippen LogP contribution in [0.4, 0.5) is 0 Å². The van der Waals surface area contributed by atoms with Gasteiger partial charge in [0.1, 0.15) is 0 Å². The number of hydrogen-bond acceptors (Lipinski definition) is 5. The Morgan fingerprint density at radius 2 is 1.71 bits per heavy atom. The van der Waals surface area contributed by atoms with Crippen LogP contribution in [0.5, 0.6) is 0 Å². The third kappa shape index (κ3) is 14.4. The quantitative estimate of drug-likeness (QED) is 0.0611. The van der Waals surface area contributed by atoms with E-state index < -0.39 is 12.2 Å². The molecule has 5 atom stereocenters. The lowest BCUT2D eigenvalue weighted by atomic mass is 9.85. The van der Waals surface area contributed by atoms with Crippen LogP contribution in [-0.2, 0) is 9.53 Å². The first kappa shape index (κ1) is 31.1. The summed E-state index contributed by atoms with van der Waals surface area (Å²) >= 11 is 3.36. The highest BCUT2D eigenvalue weighted by atomic mass is 79.9. The Kier molecular flexibility index (Phi) is 18.5. The van der Waals surface area contributed by atoms with E-state index in [4.69, 9.17) is 4.74 Å². The molecule has 0 aliphatic heterocycles. The summed E-state index contributed by atoms with van der Waals surface area (Å²) in [6.45, 7) is 2.60. The number of esters is 1. The topological polar surface area (TPSA) is 87.0 Å². The number of hydrogen-bond donors (Lipinski definition) is 3. The van der Waals surface area contributed by atoms with Crippen molar-refractivity contribution in [1.82, 2.24) is 0 Å². The molecular weight excluding hydrogens is 496 g/mol. The van der Waals surface area contributed by atoms with Gasteiger partial charge in [-0.15, -0.1) is 0 Å². The molecule has 34 heavy (non-hydrogen) atoms. The zero-order valence-corrected chi connectivity index (χ0v) is 22.6. The first-order chi connectivity index (χ1) is 16.5. The molecule has 0 spiro atoms. The predicted molar refractivity (Wildman–Crippen MR) is 143 cm³/mol. The molecule has 196 valence electrons. The Labute approximate surface area is 215 Å². The summed E-state index contributed by atoms with van der Waals surface area (Å²) in [5.74, 6) is -0.103. The van der Waals surface area contributed by atoms with Gasteiger partial charge in [0.2, 0.25) is 0 Å². The maximum Gasteiger partial charge on any atom is 0.305 e. The maximum absolute atomic E-state index is 11.7. The maximum atomic E-state index is 11.7. The summed E-state index contributed by atoms with van der Waals surface area (Å²) in [6, 6.07) is 0. The van der Waals surface area contributed by atoms with Crippen LogP contribution in [-0.4, -0.2) is 51.5 Å². The van der Waals surface area contributed by atoms with Gasteiger partial charge < -0.3 is 20.1 Å². The van der Waals surface area contributed by atoms with Crippen LogP contribution in [0.2, 0.25) is 0 Å². The van der Waals surface area contributed by atoms with Crippen molar-refractivity contribution < 1.29 is 24.9 Å². The molecule has 0 aromatic rings. The number of carbonyl (C=O) groups excluding carboxylic acids is 1. The zero-order chi connectivity index (χ0) is 25.0. The van der Waals surface area contributed by atoms with E-state index in [1.165, 1.54) is 0 Å². The van der Waals surface area contributed by atoms with Crippen molar-refractivity contribution in [2.24, 2.45) is 11.8 Å². The highest BCUT2D eigenvalue weighted by molar-refractivity contribution is 9.09. The molecule has 0 bridgehead atoms. The van der Waals surface area contributed by atoms with Crippen LogP contribution in [0.25, 0.3) is 0 Å². The molecule has 1 aliphatic rings. The molecule has 0 saturated heterocycles. The van der Waals surface area contributed by atoms with Crippen molar-refractivity contribution >= 4 is 21.9 Å². The predicted octanol–water partition coefficient (Wildman–Crippen LogP) is 6.01. The molecule has 0 amide bonds. The zero-order valence-electron chi connectivity index (χ0n) is 21.0.